The maximum absolute atomic E-state index is 4.65. The van der Waals surface area contributed by atoms with Crippen molar-refractivity contribution in [1.29, 1.82) is 0 Å². The highest BCUT2D eigenvalue weighted by molar-refractivity contribution is 7.81. The van der Waals surface area contributed by atoms with Crippen LogP contribution >= 0.6 is 12.2 Å². The average Bonchev–Trinajstić information content (AvgIpc) is 1.69. The van der Waals surface area contributed by atoms with Crippen molar-refractivity contribution in [2.24, 2.45) is 10.2 Å². The van der Waals surface area contributed by atoms with Gasteiger partial charge < -0.3 is 0 Å². The van der Waals surface area contributed by atoms with E-state index in [1.165, 1.54) is 0 Å². The van der Waals surface area contributed by atoms with Crippen molar-refractivity contribution in [1.82, 2.24) is 0 Å². The van der Waals surface area contributed by atoms with Gasteiger partial charge in [-0.25, -0.2) is 0 Å². The average molecular weight is 110 g/mol. The molecule has 0 saturated heterocycles. The number of azo groups is 1. The summed E-state index contributed by atoms with van der Waals surface area (Å²) in [4.78, 5) is 0.606. The minimum atomic E-state index is 0.606. The van der Waals surface area contributed by atoms with E-state index in [0.717, 1.165) is 0 Å². The molecule has 0 fully saturated rings. The molecule has 1 aliphatic rings. The van der Waals surface area contributed by atoms with Gasteiger partial charge in [0.2, 0.25) is 0 Å². The molecular weight excluding hydrogens is 108 g/mol. The molecule has 0 aliphatic carbocycles. The molecule has 0 aromatic rings. The molecule has 1 aliphatic heterocycles. The van der Waals surface area contributed by atoms with Crippen LogP contribution in [0, 0.1) is 6.54 Å². The van der Waals surface area contributed by atoms with Crippen LogP contribution in [0.15, 0.2) is 22.5 Å². The second-order valence-corrected chi connectivity index (χ2v) is 1.45. The van der Waals surface area contributed by atoms with E-state index in [-0.39, 0.29) is 0 Å². The van der Waals surface area contributed by atoms with Crippen molar-refractivity contribution in [2.75, 3.05) is 0 Å². The fraction of sp³-hybridized carbons (Fsp3) is 0. The maximum Gasteiger partial charge on any atom is 0.186 e. The molecule has 1 heterocycles. The first-order valence-corrected chi connectivity index (χ1v) is 2.17. The first-order valence-electron chi connectivity index (χ1n) is 1.76. The number of hydrogen-bond acceptors (Lipinski definition) is 3. The zero-order valence-electron chi connectivity index (χ0n) is 3.46. The Bertz CT molecular complexity index is 137. The Morgan fingerprint density at radius 1 is 1.71 bits per heavy atom. The van der Waals surface area contributed by atoms with E-state index in [1.54, 1.807) is 12.3 Å². The normalized spacial score (nSPS) is 18.0. The van der Waals surface area contributed by atoms with Gasteiger partial charge in [-0.1, -0.05) is 12.2 Å². The summed E-state index contributed by atoms with van der Waals surface area (Å²) in [5, 5.41) is 6.88. The van der Waals surface area contributed by atoms with E-state index >= 15 is 0 Å². The summed E-state index contributed by atoms with van der Waals surface area (Å²) in [5.74, 6) is 0. The SMILES string of the molecule is S=C1[C]N=NC=C1. The van der Waals surface area contributed by atoms with Crippen LogP contribution in [0.25, 0.3) is 0 Å². The molecule has 0 aromatic heterocycles. The van der Waals surface area contributed by atoms with E-state index in [2.05, 4.69) is 29.0 Å². The van der Waals surface area contributed by atoms with Gasteiger partial charge in [-0.05, 0) is 6.08 Å². The lowest BCUT2D eigenvalue weighted by Gasteiger charge is -1.88. The predicted octanol–water partition coefficient (Wildman–Crippen LogP) is 1.37. The van der Waals surface area contributed by atoms with E-state index in [0.29, 0.717) is 4.86 Å². The molecule has 2 radical (unpaired) electrons. The highest BCUT2D eigenvalue weighted by Crippen LogP contribution is 1.96. The van der Waals surface area contributed by atoms with Gasteiger partial charge in [0.05, 0.1) is 11.1 Å². The standard InChI is InChI=1S/C4H2N2S/c7-4-1-2-5-6-3-4/h1-2H. The fourth-order valence-electron chi connectivity index (χ4n) is 0.250. The summed E-state index contributed by atoms with van der Waals surface area (Å²) in [6.45, 7) is 2.48. The highest BCUT2D eigenvalue weighted by atomic mass is 32.1. The molecule has 7 heavy (non-hydrogen) atoms. The molecule has 0 atom stereocenters. The Balaban J connectivity index is 2.66. The zero-order valence-corrected chi connectivity index (χ0v) is 4.27. The minimum Gasteiger partial charge on any atom is -0.170 e. The Morgan fingerprint density at radius 2 is 2.57 bits per heavy atom. The smallest absolute Gasteiger partial charge is 0.170 e. The van der Waals surface area contributed by atoms with Crippen molar-refractivity contribution in [2.45, 2.75) is 0 Å². The van der Waals surface area contributed by atoms with Gasteiger partial charge in [0.15, 0.2) is 6.54 Å². The lowest BCUT2D eigenvalue weighted by Crippen LogP contribution is -1.87. The topological polar surface area (TPSA) is 24.7 Å². The monoisotopic (exact) mass is 110 g/mol. The molecule has 0 saturated carbocycles. The molecule has 1 rings (SSSR count). The maximum atomic E-state index is 4.65. The Labute approximate surface area is 46.9 Å². The van der Waals surface area contributed by atoms with Crippen LogP contribution < -0.4 is 0 Å². The first-order chi connectivity index (χ1) is 3.39. The number of hydrogen-bond donors (Lipinski definition) is 0. The summed E-state index contributed by atoms with van der Waals surface area (Å²) in [7, 11) is 0. The Kier molecular flexibility index (Phi) is 1.26. The molecule has 34 valence electrons. The van der Waals surface area contributed by atoms with Crippen LogP contribution in [0.1, 0.15) is 0 Å². The van der Waals surface area contributed by atoms with Crippen LogP contribution in [0.3, 0.4) is 0 Å². The lowest BCUT2D eigenvalue weighted by atomic mass is 10.4. The molecular formula is C4H2N2S. The number of thiocarbonyl (C=S) groups is 1. The quantitative estimate of drug-likeness (QED) is 0.432. The van der Waals surface area contributed by atoms with Crippen molar-refractivity contribution in [3.8, 4) is 0 Å². The van der Waals surface area contributed by atoms with Gasteiger partial charge in [-0.2, -0.15) is 10.2 Å². The lowest BCUT2D eigenvalue weighted by molar-refractivity contribution is 1.17. The largest absolute Gasteiger partial charge is 0.186 e. The molecule has 2 nitrogen and oxygen atoms in total. The second kappa shape index (κ2) is 1.93. The number of rotatable bonds is 0. The summed E-state index contributed by atoms with van der Waals surface area (Å²) < 4.78 is 0. The Morgan fingerprint density at radius 3 is 2.86 bits per heavy atom. The first kappa shape index (κ1) is 4.59. The van der Waals surface area contributed by atoms with Gasteiger partial charge >= 0.3 is 0 Å². The van der Waals surface area contributed by atoms with Gasteiger partial charge in [-0.15, -0.1) is 0 Å². The third-order valence-electron chi connectivity index (χ3n) is 0.511. The molecule has 3 heteroatoms. The summed E-state index contributed by atoms with van der Waals surface area (Å²) >= 11 is 4.65. The molecule has 0 bridgehead atoms. The summed E-state index contributed by atoms with van der Waals surface area (Å²) in [5.41, 5.74) is 0. The third kappa shape index (κ3) is 1.16. The van der Waals surface area contributed by atoms with Gasteiger partial charge in [0, 0.05) is 0 Å². The zero-order chi connectivity index (χ0) is 5.11. The van der Waals surface area contributed by atoms with E-state index < -0.39 is 0 Å². The number of nitrogens with zero attached hydrogens (tertiary/aromatic N) is 2. The van der Waals surface area contributed by atoms with E-state index in [4.69, 9.17) is 0 Å². The summed E-state index contributed by atoms with van der Waals surface area (Å²) in [6, 6.07) is 0. The van der Waals surface area contributed by atoms with Crippen LogP contribution in [0.4, 0.5) is 0 Å². The highest BCUT2D eigenvalue weighted by Gasteiger charge is 1.92. The molecule has 0 spiro atoms. The molecule has 0 N–H and O–H groups in total. The third-order valence-corrected chi connectivity index (χ3v) is 0.738. The van der Waals surface area contributed by atoms with Crippen LogP contribution in [0.2, 0.25) is 0 Å². The summed E-state index contributed by atoms with van der Waals surface area (Å²) in [6.07, 6.45) is 3.21. The van der Waals surface area contributed by atoms with Crippen molar-refractivity contribution in [3.63, 3.8) is 0 Å². The Hall–Kier alpha value is -0.570. The fourth-order valence-corrected chi connectivity index (χ4v) is 0.351. The van der Waals surface area contributed by atoms with Crippen LogP contribution in [0.5, 0.6) is 0 Å². The molecule has 0 amide bonds. The predicted molar refractivity (Wildman–Crippen MR) is 29.8 cm³/mol. The van der Waals surface area contributed by atoms with Crippen molar-refractivity contribution < 1.29 is 0 Å². The van der Waals surface area contributed by atoms with Crippen LogP contribution in [-0.2, 0) is 0 Å². The van der Waals surface area contributed by atoms with Crippen LogP contribution in [-0.4, -0.2) is 4.86 Å². The minimum absolute atomic E-state index is 0.606. The molecule has 0 aromatic carbocycles. The van der Waals surface area contributed by atoms with Crippen molar-refractivity contribution in [3.05, 3.63) is 18.8 Å². The molecule has 0 unspecified atom stereocenters. The van der Waals surface area contributed by atoms with E-state index in [9.17, 15) is 0 Å². The van der Waals surface area contributed by atoms with Gasteiger partial charge in [-0.3, -0.25) is 0 Å². The van der Waals surface area contributed by atoms with Crippen molar-refractivity contribution >= 4 is 17.1 Å². The van der Waals surface area contributed by atoms with Gasteiger partial charge in [0.25, 0.3) is 0 Å². The van der Waals surface area contributed by atoms with E-state index in [1.807, 2.05) is 0 Å². The van der Waals surface area contributed by atoms with Gasteiger partial charge in [0.1, 0.15) is 0 Å². The second-order valence-electron chi connectivity index (χ2n) is 1.01.